The minimum absolute atomic E-state index is 0.0593. The fourth-order valence-electron chi connectivity index (χ4n) is 2.01. The highest BCUT2D eigenvalue weighted by atomic mass is 16.5. The highest BCUT2D eigenvalue weighted by Crippen LogP contribution is 2.26. The molecule has 1 aromatic heterocycles. The number of carbonyl (C=O) groups is 1. The van der Waals surface area contributed by atoms with Gasteiger partial charge in [0.1, 0.15) is 5.56 Å². The van der Waals surface area contributed by atoms with Crippen molar-refractivity contribution in [2.24, 2.45) is 11.8 Å². The Morgan fingerprint density at radius 3 is 3.00 bits per heavy atom. The maximum absolute atomic E-state index is 11.0. The molecule has 1 N–H and O–H groups in total. The summed E-state index contributed by atoms with van der Waals surface area (Å²) < 4.78 is 5.52. The van der Waals surface area contributed by atoms with E-state index in [-0.39, 0.29) is 11.4 Å². The lowest BCUT2D eigenvalue weighted by Gasteiger charge is -2.24. The number of carboxylic acid groups (broad SMARTS) is 1. The van der Waals surface area contributed by atoms with Crippen molar-refractivity contribution in [1.82, 2.24) is 10.2 Å². The monoisotopic (exact) mass is 248 g/mol. The predicted molar refractivity (Wildman–Crippen MR) is 65.5 cm³/mol. The van der Waals surface area contributed by atoms with Crippen molar-refractivity contribution >= 4 is 5.97 Å². The van der Waals surface area contributed by atoms with Gasteiger partial charge in [-0.1, -0.05) is 19.1 Å². The van der Waals surface area contributed by atoms with E-state index in [9.17, 15) is 4.79 Å². The van der Waals surface area contributed by atoms with E-state index in [4.69, 9.17) is 9.84 Å². The Bertz CT molecular complexity index is 459. The van der Waals surface area contributed by atoms with Crippen LogP contribution in [-0.2, 0) is 0 Å². The molecule has 5 nitrogen and oxygen atoms in total. The Morgan fingerprint density at radius 2 is 2.28 bits per heavy atom. The quantitative estimate of drug-likeness (QED) is 0.826. The van der Waals surface area contributed by atoms with Crippen LogP contribution in [0.2, 0.25) is 0 Å². The van der Waals surface area contributed by atoms with Gasteiger partial charge >= 0.3 is 5.97 Å². The largest absolute Gasteiger partial charge is 0.477 e. The average Bonchev–Trinajstić information content (AvgIpc) is 2.38. The van der Waals surface area contributed by atoms with Crippen molar-refractivity contribution in [2.75, 3.05) is 6.61 Å². The summed E-state index contributed by atoms with van der Waals surface area (Å²) >= 11 is 0. The van der Waals surface area contributed by atoms with Gasteiger partial charge in [0.2, 0.25) is 5.88 Å². The molecule has 2 atom stereocenters. The van der Waals surface area contributed by atoms with Gasteiger partial charge in [-0.2, -0.15) is 5.10 Å². The van der Waals surface area contributed by atoms with Gasteiger partial charge in [0.15, 0.2) is 0 Å². The van der Waals surface area contributed by atoms with Crippen molar-refractivity contribution < 1.29 is 14.6 Å². The van der Waals surface area contributed by atoms with Crippen LogP contribution < -0.4 is 4.74 Å². The second kappa shape index (κ2) is 5.62. The number of hydrogen-bond acceptors (Lipinski definition) is 4. The molecule has 0 bridgehead atoms. The standard InChI is InChI=1S/C13H16N2O3/c1-9-4-2-3-5-10(9)8-18-12-11(13(16)17)6-7-14-15-12/h2-3,6-7,9-10H,4-5,8H2,1H3,(H,16,17). The molecule has 0 aliphatic heterocycles. The summed E-state index contributed by atoms with van der Waals surface area (Å²) in [6.45, 7) is 2.65. The second-order valence-corrected chi connectivity index (χ2v) is 4.55. The summed E-state index contributed by atoms with van der Waals surface area (Å²) in [6.07, 6.45) is 7.67. The van der Waals surface area contributed by atoms with Gasteiger partial charge in [-0.25, -0.2) is 4.79 Å². The minimum atomic E-state index is -1.04. The van der Waals surface area contributed by atoms with Crippen molar-refractivity contribution in [2.45, 2.75) is 19.8 Å². The number of rotatable bonds is 4. The Labute approximate surface area is 105 Å². The molecule has 0 fully saturated rings. The van der Waals surface area contributed by atoms with Crippen LogP contribution in [0, 0.1) is 11.8 Å². The summed E-state index contributed by atoms with van der Waals surface area (Å²) in [5, 5.41) is 16.4. The van der Waals surface area contributed by atoms with Gasteiger partial charge in [-0.15, -0.1) is 5.10 Å². The van der Waals surface area contributed by atoms with E-state index in [0.717, 1.165) is 12.8 Å². The summed E-state index contributed by atoms with van der Waals surface area (Å²) in [4.78, 5) is 11.0. The summed E-state index contributed by atoms with van der Waals surface area (Å²) in [5.41, 5.74) is 0.0593. The summed E-state index contributed by atoms with van der Waals surface area (Å²) in [6, 6.07) is 1.40. The van der Waals surface area contributed by atoms with E-state index >= 15 is 0 Å². The molecule has 18 heavy (non-hydrogen) atoms. The predicted octanol–water partition coefficient (Wildman–Crippen LogP) is 2.16. The zero-order valence-electron chi connectivity index (χ0n) is 10.2. The molecule has 2 unspecified atom stereocenters. The number of ether oxygens (including phenoxy) is 1. The Kier molecular flexibility index (Phi) is 3.92. The first kappa shape index (κ1) is 12.5. The molecule has 1 aliphatic carbocycles. The van der Waals surface area contributed by atoms with Crippen LogP contribution in [0.5, 0.6) is 5.88 Å². The van der Waals surface area contributed by atoms with Crippen LogP contribution in [0.3, 0.4) is 0 Å². The molecule has 1 aliphatic rings. The Morgan fingerprint density at radius 1 is 1.50 bits per heavy atom. The molecule has 96 valence electrons. The number of allylic oxidation sites excluding steroid dienone is 2. The van der Waals surface area contributed by atoms with E-state index in [1.54, 1.807) is 0 Å². The van der Waals surface area contributed by atoms with Gasteiger partial charge in [0, 0.05) is 0 Å². The molecule has 0 spiro atoms. The normalized spacial score (nSPS) is 22.7. The van der Waals surface area contributed by atoms with Gasteiger partial charge in [0.05, 0.1) is 12.8 Å². The number of aromatic nitrogens is 2. The lowest BCUT2D eigenvalue weighted by Crippen LogP contribution is -2.22. The van der Waals surface area contributed by atoms with Crippen molar-refractivity contribution in [1.29, 1.82) is 0 Å². The van der Waals surface area contributed by atoms with Gasteiger partial charge in [-0.05, 0) is 30.7 Å². The van der Waals surface area contributed by atoms with Crippen LogP contribution in [0.25, 0.3) is 0 Å². The van der Waals surface area contributed by atoms with Crippen molar-refractivity contribution in [3.05, 3.63) is 30.0 Å². The molecule has 1 aromatic rings. The summed E-state index contributed by atoms with van der Waals surface area (Å²) in [7, 11) is 0. The maximum atomic E-state index is 11.0. The highest BCUT2D eigenvalue weighted by Gasteiger charge is 2.20. The van der Waals surface area contributed by atoms with Gasteiger partial charge in [-0.3, -0.25) is 0 Å². The topological polar surface area (TPSA) is 72.3 Å². The molecule has 2 rings (SSSR count). The molecule has 1 heterocycles. The highest BCUT2D eigenvalue weighted by molar-refractivity contribution is 5.89. The SMILES string of the molecule is CC1CC=CCC1COc1nnccc1C(=O)O. The second-order valence-electron chi connectivity index (χ2n) is 4.55. The third kappa shape index (κ3) is 2.85. The first-order valence-corrected chi connectivity index (χ1v) is 6.01. The minimum Gasteiger partial charge on any atom is -0.477 e. The van der Waals surface area contributed by atoms with Crippen molar-refractivity contribution in [3.8, 4) is 5.88 Å². The van der Waals surface area contributed by atoms with Gasteiger partial charge in [0.25, 0.3) is 0 Å². The Balaban J connectivity index is 2.02. The van der Waals surface area contributed by atoms with E-state index in [1.165, 1.54) is 12.3 Å². The van der Waals surface area contributed by atoms with Crippen LogP contribution in [-0.4, -0.2) is 27.9 Å². The molecular formula is C13H16N2O3. The van der Waals surface area contributed by atoms with E-state index in [1.807, 2.05) is 0 Å². The zero-order chi connectivity index (χ0) is 13.0. The lowest BCUT2D eigenvalue weighted by molar-refractivity contribution is 0.0688. The average molecular weight is 248 g/mol. The molecule has 0 saturated heterocycles. The molecular weight excluding hydrogens is 232 g/mol. The van der Waals surface area contributed by atoms with Crippen LogP contribution in [0.1, 0.15) is 30.1 Å². The number of nitrogens with zero attached hydrogens (tertiary/aromatic N) is 2. The first-order chi connectivity index (χ1) is 8.68. The zero-order valence-corrected chi connectivity index (χ0v) is 10.2. The fraction of sp³-hybridized carbons (Fsp3) is 0.462. The van der Waals surface area contributed by atoms with E-state index in [2.05, 4.69) is 29.3 Å². The van der Waals surface area contributed by atoms with E-state index < -0.39 is 5.97 Å². The number of aromatic carboxylic acids is 1. The lowest BCUT2D eigenvalue weighted by atomic mass is 9.85. The summed E-state index contributed by atoms with van der Waals surface area (Å²) in [5.74, 6) is 0.00171. The van der Waals surface area contributed by atoms with Gasteiger partial charge < -0.3 is 9.84 Å². The smallest absolute Gasteiger partial charge is 0.341 e. The third-order valence-corrected chi connectivity index (χ3v) is 3.27. The molecule has 0 aromatic carbocycles. The molecule has 0 saturated carbocycles. The first-order valence-electron chi connectivity index (χ1n) is 6.01. The third-order valence-electron chi connectivity index (χ3n) is 3.27. The van der Waals surface area contributed by atoms with E-state index in [0.29, 0.717) is 18.4 Å². The van der Waals surface area contributed by atoms with Crippen LogP contribution in [0.4, 0.5) is 0 Å². The molecule has 5 heteroatoms. The molecule has 0 amide bonds. The fourth-order valence-corrected chi connectivity index (χ4v) is 2.01. The maximum Gasteiger partial charge on any atom is 0.341 e. The Hall–Kier alpha value is -1.91. The van der Waals surface area contributed by atoms with Crippen LogP contribution in [0.15, 0.2) is 24.4 Å². The number of hydrogen-bond donors (Lipinski definition) is 1. The van der Waals surface area contributed by atoms with Crippen LogP contribution >= 0.6 is 0 Å². The molecule has 0 radical (unpaired) electrons. The van der Waals surface area contributed by atoms with Crippen molar-refractivity contribution in [3.63, 3.8) is 0 Å². The number of carboxylic acids is 1.